The molecular weight excluding hydrogens is 446 g/mol. The molecule has 0 unspecified atom stereocenters. The van der Waals surface area contributed by atoms with Crippen molar-refractivity contribution in [3.8, 4) is 0 Å². The summed E-state index contributed by atoms with van der Waals surface area (Å²) in [6, 6.07) is 15.7. The lowest BCUT2D eigenvalue weighted by Gasteiger charge is -2.26. The molecule has 1 fully saturated rings. The Morgan fingerprint density at radius 3 is 2.66 bits per heavy atom. The highest BCUT2D eigenvalue weighted by molar-refractivity contribution is 7.12. The third kappa shape index (κ3) is 5.36. The molecule has 2 N–H and O–H groups in total. The Labute approximate surface area is 195 Å². The molecule has 0 atom stereocenters. The normalized spacial score (nSPS) is 13.7. The van der Waals surface area contributed by atoms with Gasteiger partial charge in [0.25, 0.3) is 11.8 Å². The number of rotatable bonds is 6. The number of anilines is 2. The fourth-order valence-electron chi connectivity index (χ4n) is 3.55. The van der Waals surface area contributed by atoms with Gasteiger partial charge in [-0.05, 0) is 60.2 Å². The topological polar surface area (TPSA) is 78.5 Å². The van der Waals surface area contributed by atoms with Crippen molar-refractivity contribution in [1.82, 2.24) is 4.90 Å². The predicted molar refractivity (Wildman–Crippen MR) is 127 cm³/mol. The van der Waals surface area contributed by atoms with Crippen LogP contribution in [-0.2, 0) is 11.3 Å². The minimum atomic E-state index is -0.320. The van der Waals surface area contributed by atoms with Crippen molar-refractivity contribution >= 4 is 52.0 Å². The first kappa shape index (κ1) is 22.0. The molecule has 0 radical (unpaired) electrons. The van der Waals surface area contributed by atoms with E-state index in [-0.39, 0.29) is 17.7 Å². The van der Waals surface area contributed by atoms with Gasteiger partial charge in [0, 0.05) is 30.8 Å². The average Bonchev–Trinajstić information content (AvgIpc) is 3.32. The summed E-state index contributed by atoms with van der Waals surface area (Å²) in [4.78, 5) is 39.6. The lowest BCUT2D eigenvalue weighted by Crippen LogP contribution is -2.34. The molecule has 0 bridgehead atoms. The number of hydrogen-bond donors (Lipinski definition) is 2. The quantitative estimate of drug-likeness (QED) is 0.508. The number of likely N-dealkylation sites (tertiary alicyclic amines) is 1. The minimum absolute atomic E-state index is 0.170. The number of piperidine rings is 1. The van der Waals surface area contributed by atoms with Crippen molar-refractivity contribution in [2.75, 3.05) is 17.2 Å². The Kier molecular flexibility index (Phi) is 6.87. The lowest BCUT2D eigenvalue weighted by atomic mass is 10.1. The van der Waals surface area contributed by atoms with Gasteiger partial charge in [0.05, 0.1) is 15.6 Å². The van der Waals surface area contributed by atoms with Gasteiger partial charge in [0.1, 0.15) is 0 Å². The zero-order chi connectivity index (χ0) is 22.5. The number of thiophene rings is 1. The second-order valence-electron chi connectivity index (χ2n) is 7.55. The standard InChI is InChI=1S/C24H22ClN3O3S/c25-19-10-9-17(14-20(19)27-24(31)21-7-4-12-32-21)23(30)26-18-6-3-5-16(13-18)15-28-11-2-1-8-22(28)29/h3-7,9-10,12-14H,1-2,8,11,15H2,(H,26,30)(H,27,31). The summed E-state index contributed by atoms with van der Waals surface area (Å²) in [7, 11) is 0. The number of carbonyl (C=O) groups excluding carboxylic acids is 3. The van der Waals surface area contributed by atoms with Gasteiger partial charge in [0.15, 0.2) is 0 Å². The summed E-state index contributed by atoms with van der Waals surface area (Å²) in [6.07, 6.45) is 2.56. The van der Waals surface area contributed by atoms with Crippen LogP contribution in [0.15, 0.2) is 60.0 Å². The van der Waals surface area contributed by atoms with Gasteiger partial charge in [-0.15, -0.1) is 11.3 Å². The smallest absolute Gasteiger partial charge is 0.265 e. The number of nitrogens with zero attached hydrogens (tertiary/aromatic N) is 1. The first-order valence-electron chi connectivity index (χ1n) is 10.3. The van der Waals surface area contributed by atoms with E-state index in [0.717, 1.165) is 24.9 Å². The van der Waals surface area contributed by atoms with Crippen molar-refractivity contribution in [3.63, 3.8) is 0 Å². The highest BCUT2D eigenvalue weighted by Crippen LogP contribution is 2.25. The molecule has 1 aliphatic heterocycles. The van der Waals surface area contributed by atoms with E-state index in [0.29, 0.717) is 39.8 Å². The summed E-state index contributed by atoms with van der Waals surface area (Å²) in [5, 5.41) is 7.79. The Bertz CT molecular complexity index is 1150. The molecule has 1 aliphatic rings. The molecule has 1 saturated heterocycles. The van der Waals surface area contributed by atoms with Gasteiger partial charge in [-0.1, -0.05) is 29.8 Å². The van der Waals surface area contributed by atoms with Crippen molar-refractivity contribution in [3.05, 3.63) is 81.0 Å². The van der Waals surface area contributed by atoms with Crippen molar-refractivity contribution in [2.45, 2.75) is 25.8 Å². The van der Waals surface area contributed by atoms with Crippen LogP contribution in [0.5, 0.6) is 0 Å². The van der Waals surface area contributed by atoms with Crippen LogP contribution in [0, 0.1) is 0 Å². The van der Waals surface area contributed by atoms with Crippen LogP contribution in [0.3, 0.4) is 0 Å². The maximum Gasteiger partial charge on any atom is 0.265 e. The Morgan fingerprint density at radius 1 is 1.00 bits per heavy atom. The average molecular weight is 468 g/mol. The first-order valence-corrected chi connectivity index (χ1v) is 11.6. The molecule has 3 aromatic rings. The van der Waals surface area contributed by atoms with E-state index in [1.165, 1.54) is 11.3 Å². The summed E-state index contributed by atoms with van der Waals surface area (Å²) < 4.78 is 0. The van der Waals surface area contributed by atoms with Gasteiger partial charge in [-0.2, -0.15) is 0 Å². The number of hydrogen-bond acceptors (Lipinski definition) is 4. The van der Waals surface area contributed by atoms with Crippen molar-refractivity contribution in [1.29, 1.82) is 0 Å². The third-order valence-corrected chi connectivity index (χ3v) is 6.40. The predicted octanol–water partition coefficient (Wildman–Crippen LogP) is 5.42. The summed E-state index contributed by atoms with van der Waals surface area (Å²) in [6.45, 7) is 1.29. The van der Waals surface area contributed by atoms with Crippen molar-refractivity contribution in [2.24, 2.45) is 0 Å². The second-order valence-corrected chi connectivity index (χ2v) is 8.91. The van der Waals surface area contributed by atoms with E-state index >= 15 is 0 Å². The Morgan fingerprint density at radius 2 is 1.88 bits per heavy atom. The molecule has 3 amide bonds. The molecule has 0 aliphatic carbocycles. The summed E-state index contributed by atoms with van der Waals surface area (Å²) in [5.41, 5.74) is 2.33. The van der Waals surface area contributed by atoms with Crippen LogP contribution >= 0.6 is 22.9 Å². The molecule has 4 rings (SSSR count). The van der Waals surface area contributed by atoms with Gasteiger partial charge in [-0.25, -0.2) is 0 Å². The summed E-state index contributed by atoms with van der Waals surface area (Å²) in [5.74, 6) is -0.428. The fraction of sp³-hybridized carbons (Fsp3) is 0.208. The van der Waals surface area contributed by atoms with E-state index in [1.807, 2.05) is 28.5 Å². The van der Waals surface area contributed by atoms with Gasteiger partial charge in [-0.3, -0.25) is 14.4 Å². The largest absolute Gasteiger partial charge is 0.338 e. The third-order valence-electron chi connectivity index (χ3n) is 5.20. The highest BCUT2D eigenvalue weighted by Gasteiger charge is 2.18. The van der Waals surface area contributed by atoms with Gasteiger partial charge >= 0.3 is 0 Å². The molecule has 2 heterocycles. The zero-order valence-corrected chi connectivity index (χ0v) is 18.8. The molecule has 0 spiro atoms. The molecule has 164 valence electrons. The Hall–Kier alpha value is -3.16. The van der Waals surface area contributed by atoms with Gasteiger partial charge in [0.2, 0.25) is 5.91 Å². The van der Waals surface area contributed by atoms with E-state index in [4.69, 9.17) is 11.6 Å². The van der Waals surface area contributed by atoms with Crippen molar-refractivity contribution < 1.29 is 14.4 Å². The number of carbonyl (C=O) groups is 3. The maximum absolute atomic E-state index is 12.8. The molecule has 0 saturated carbocycles. The van der Waals surface area contributed by atoms with Crippen LogP contribution in [0.1, 0.15) is 44.9 Å². The SMILES string of the molecule is O=C(Nc1cccc(CN2CCCCC2=O)c1)c1ccc(Cl)c(NC(=O)c2cccs2)c1. The molecular formula is C24H22ClN3O3S. The van der Waals surface area contributed by atoms with E-state index in [2.05, 4.69) is 10.6 Å². The Balaban J connectivity index is 1.44. The highest BCUT2D eigenvalue weighted by atomic mass is 35.5. The van der Waals surface area contributed by atoms with Crippen LogP contribution in [0.4, 0.5) is 11.4 Å². The van der Waals surface area contributed by atoms with Crippen LogP contribution in [-0.4, -0.2) is 29.2 Å². The lowest BCUT2D eigenvalue weighted by molar-refractivity contribution is -0.133. The zero-order valence-electron chi connectivity index (χ0n) is 17.3. The fourth-order valence-corrected chi connectivity index (χ4v) is 4.34. The van der Waals surface area contributed by atoms with Gasteiger partial charge < -0.3 is 15.5 Å². The van der Waals surface area contributed by atoms with Crippen LogP contribution < -0.4 is 10.6 Å². The second kappa shape index (κ2) is 9.97. The summed E-state index contributed by atoms with van der Waals surface area (Å²) >= 11 is 7.54. The van der Waals surface area contributed by atoms with E-state index in [9.17, 15) is 14.4 Å². The number of benzene rings is 2. The molecule has 8 heteroatoms. The van der Waals surface area contributed by atoms with E-state index < -0.39 is 0 Å². The van der Waals surface area contributed by atoms with Crippen LogP contribution in [0.25, 0.3) is 0 Å². The molecule has 1 aromatic heterocycles. The monoisotopic (exact) mass is 467 g/mol. The first-order chi connectivity index (χ1) is 15.5. The molecule has 6 nitrogen and oxygen atoms in total. The number of amides is 3. The maximum atomic E-state index is 12.8. The number of halogens is 1. The molecule has 32 heavy (non-hydrogen) atoms. The van der Waals surface area contributed by atoms with E-state index in [1.54, 1.807) is 36.4 Å². The molecule has 2 aromatic carbocycles. The van der Waals surface area contributed by atoms with Crippen LogP contribution in [0.2, 0.25) is 5.02 Å². The number of nitrogens with one attached hydrogen (secondary N) is 2. The minimum Gasteiger partial charge on any atom is -0.338 e.